The Kier molecular flexibility index (Phi) is 3.69. The number of carbonyl (C=O) groups is 1. The van der Waals surface area contributed by atoms with E-state index in [0.717, 1.165) is 27.0 Å². The van der Waals surface area contributed by atoms with Gasteiger partial charge in [-0.1, -0.05) is 29.5 Å². The molecule has 23 heavy (non-hydrogen) atoms. The van der Waals surface area contributed by atoms with Crippen LogP contribution in [-0.2, 0) is 11.3 Å². The van der Waals surface area contributed by atoms with Crippen LogP contribution in [0.4, 0.5) is 0 Å². The summed E-state index contributed by atoms with van der Waals surface area (Å²) in [5.41, 5.74) is 1.14. The first-order chi connectivity index (χ1) is 11.1. The van der Waals surface area contributed by atoms with Crippen molar-refractivity contribution in [1.82, 2.24) is 4.57 Å². The number of ether oxygens (including phenoxy) is 1. The number of aromatic nitrogens is 1. The molecule has 0 saturated carbocycles. The summed E-state index contributed by atoms with van der Waals surface area (Å²) < 4.78 is 7.48. The van der Waals surface area contributed by atoms with Gasteiger partial charge in [-0.15, -0.1) is 11.8 Å². The molecule has 0 spiro atoms. The topological polar surface area (TPSA) is 68.5 Å². The molecule has 2 aromatic rings. The quantitative estimate of drug-likeness (QED) is 0.922. The molecule has 2 unspecified atom stereocenters. The minimum absolute atomic E-state index is 0.0303. The molecule has 0 aliphatic carbocycles. The van der Waals surface area contributed by atoms with Crippen molar-refractivity contribution in [1.29, 1.82) is 0 Å². The molecule has 0 amide bonds. The Labute approximate surface area is 140 Å². The molecule has 120 valence electrons. The van der Waals surface area contributed by atoms with Crippen LogP contribution in [0.25, 0.3) is 0 Å². The second-order valence-electron chi connectivity index (χ2n) is 5.73. The van der Waals surface area contributed by atoms with Crippen LogP contribution in [0.2, 0.25) is 0 Å². The number of hydrogen-bond donors (Lipinski definition) is 1. The Morgan fingerprint density at radius 1 is 1.39 bits per heavy atom. The first kappa shape index (κ1) is 14.8. The molecule has 0 bridgehead atoms. The van der Waals surface area contributed by atoms with Crippen molar-refractivity contribution in [3.05, 3.63) is 44.4 Å². The first-order valence-electron chi connectivity index (χ1n) is 7.45. The highest BCUT2D eigenvalue weighted by atomic mass is 32.2. The van der Waals surface area contributed by atoms with Crippen molar-refractivity contribution < 1.29 is 14.6 Å². The molecule has 5 nitrogen and oxygen atoms in total. The summed E-state index contributed by atoms with van der Waals surface area (Å²) in [6.45, 7) is 0.901. The molecule has 1 N–H and O–H groups in total. The Bertz CT molecular complexity index is 826. The second-order valence-corrected chi connectivity index (χ2v) is 7.73. The van der Waals surface area contributed by atoms with Gasteiger partial charge in [-0.25, -0.2) is 0 Å². The van der Waals surface area contributed by atoms with Gasteiger partial charge < -0.3 is 9.84 Å². The van der Waals surface area contributed by atoms with Crippen molar-refractivity contribution in [2.24, 2.45) is 5.92 Å². The fraction of sp³-hybridized carbons (Fsp3) is 0.375. The third-order valence-corrected chi connectivity index (χ3v) is 6.82. The number of hydrogen-bond acceptors (Lipinski definition) is 5. The van der Waals surface area contributed by atoms with Crippen LogP contribution in [0, 0.1) is 5.92 Å². The zero-order valence-electron chi connectivity index (χ0n) is 12.2. The highest BCUT2D eigenvalue weighted by molar-refractivity contribution is 7.99. The number of carboxylic acids is 1. The number of nitrogens with zero attached hydrogens (tertiary/aromatic N) is 1. The van der Waals surface area contributed by atoms with Crippen LogP contribution in [0.3, 0.4) is 0 Å². The van der Waals surface area contributed by atoms with Crippen LogP contribution in [0.15, 0.2) is 34.1 Å². The largest absolute Gasteiger partial charge is 0.493 e. The number of thioether (sulfide) groups is 1. The van der Waals surface area contributed by atoms with Gasteiger partial charge in [0.1, 0.15) is 5.75 Å². The smallest absolute Gasteiger partial charge is 0.308 e. The molecular weight excluding hydrogens is 334 g/mol. The highest BCUT2D eigenvalue weighted by Crippen LogP contribution is 2.50. The molecule has 1 aromatic heterocycles. The number of fused-ring (bicyclic) bond motifs is 5. The summed E-state index contributed by atoms with van der Waals surface area (Å²) in [6, 6.07) is 7.99. The molecule has 2 atom stereocenters. The van der Waals surface area contributed by atoms with E-state index in [1.807, 2.05) is 18.2 Å². The number of thiazole rings is 1. The van der Waals surface area contributed by atoms with Gasteiger partial charge in [-0.2, -0.15) is 0 Å². The second kappa shape index (κ2) is 5.72. The summed E-state index contributed by atoms with van der Waals surface area (Å²) in [6.07, 6.45) is -0.0303. The Morgan fingerprint density at radius 3 is 3.04 bits per heavy atom. The molecule has 0 saturated heterocycles. The van der Waals surface area contributed by atoms with Gasteiger partial charge in [-0.05, 0) is 6.07 Å². The van der Waals surface area contributed by atoms with Crippen LogP contribution in [0.5, 0.6) is 5.75 Å². The summed E-state index contributed by atoms with van der Waals surface area (Å²) in [5.74, 6) is 1.43. The van der Waals surface area contributed by atoms with Crippen LogP contribution >= 0.6 is 23.1 Å². The van der Waals surface area contributed by atoms with Gasteiger partial charge >= 0.3 is 10.8 Å². The number of para-hydroxylation sites is 1. The maximum atomic E-state index is 12.3. The Balaban J connectivity index is 1.79. The maximum absolute atomic E-state index is 12.3. The first-order valence-corrected chi connectivity index (χ1v) is 9.25. The normalized spacial score (nSPS) is 21.7. The molecule has 7 heteroatoms. The average Bonchev–Trinajstić information content (AvgIpc) is 2.87. The summed E-state index contributed by atoms with van der Waals surface area (Å²) in [5, 5.41) is 9.83. The third-order valence-electron chi connectivity index (χ3n) is 4.32. The predicted molar refractivity (Wildman–Crippen MR) is 88.8 cm³/mol. The number of carboxylic acid groups (broad SMARTS) is 1. The lowest BCUT2D eigenvalue weighted by Gasteiger charge is -2.36. The maximum Gasteiger partial charge on any atom is 0.308 e. The van der Waals surface area contributed by atoms with E-state index in [-0.39, 0.29) is 23.8 Å². The van der Waals surface area contributed by atoms with E-state index < -0.39 is 5.97 Å². The lowest BCUT2D eigenvalue weighted by atomic mass is 9.84. The fourth-order valence-corrected chi connectivity index (χ4v) is 6.00. The molecule has 2 aliphatic rings. The van der Waals surface area contributed by atoms with E-state index in [9.17, 15) is 9.59 Å². The minimum atomic E-state index is -0.882. The minimum Gasteiger partial charge on any atom is -0.493 e. The molecular formula is C16H15NO4S2. The van der Waals surface area contributed by atoms with E-state index in [4.69, 9.17) is 9.84 Å². The fourth-order valence-electron chi connectivity index (χ4n) is 3.26. The number of benzene rings is 1. The van der Waals surface area contributed by atoms with E-state index >= 15 is 0 Å². The van der Waals surface area contributed by atoms with E-state index in [1.54, 1.807) is 16.3 Å². The molecule has 0 radical (unpaired) electrons. The van der Waals surface area contributed by atoms with Gasteiger partial charge in [0.2, 0.25) is 0 Å². The SMILES string of the molecule is O=C(O)CCn1c2c(sc1=O)C1c3ccccc3OCC1CS2. The summed E-state index contributed by atoms with van der Waals surface area (Å²) >= 11 is 2.90. The molecule has 3 heterocycles. The molecule has 1 aromatic carbocycles. The van der Waals surface area contributed by atoms with Gasteiger partial charge in [0.25, 0.3) is 0 Å². The van der Waals surface area contributed by atoms with E-state index in [1.165, 1.54) is 11.3 Å². The molecule has 4 rings (SSSR count). The van der Waals surface area contributed by atoms with Gasteiger partial charge in [0.15, 0.2) is 0 Å². The highest BCUT2D eigenvalue weighted by Gasteiger charge is 2.39. The predicted octanol–water partition coefficient (Wildman–Crippen LogP) is 2.63. The van der Waals surface area contributed by atoms with Crippen molar-refractivity contribution >= 4 is 29.1 Å². The van der Waals surface area contributed by atoms with Crippen molar-refractivity contribution in [2.45, 2.75) is 23.9 Å². The van der Waals surface area contributed by atoms with Gasteiger partial charge in [0.05, 0.1) is 18.1 Å². The van der Waals surface area contributed by atoms with Gasteiger partial charge in [0, 0.05) is 34.6 Å². The molecule has 0 fully saturated rings. The van der Waals surface area contributed by atoms with E-state index in [0.29, 0.717) is 12.5 Å². The van der Waals surface area contributed by atoms with E-state index in [2.05, 4.69) is 6.07 Å². The standard InChI is InChI=1S/C16H15NO4S2/c18-12(19)5-6-17-15-14(23-16(17)20)13-9(8-22-15)7-21-11-4-2-1-3-10(11)13/h1-4,9,13H,5-8H2,(H,18,19). The monoisotopic (exact) mass is 349 g/mol. The Morgan fingerprint density at radius 2 is 2.22 bits per heavy atom. The zero-order valence-corrected chi connectivity index (χ0v) is 13.9. The lowest BCUT2D eigenvalue weighted by Crippen LogP contribution is -2.31. The average molecular weight is 349 g/mol. The van der Waals surface area contributed by atoms with Crippen LogP contribution in [-0.4, -0.2) is 28.0 Å². The van der Waals surface area contributed by atoms with Crippen LogP contribution < -0.4 is 9.61 Å². The number of rotatable bonds is 3. The summed E-state index contributed by atoms with van der Waals surface area (Å²) in [4.78, 5) is 24.2. The van der Waals surface area contributed by atoms with Gasteiger partial charge in [-0.3, -0.25) is 14.2 Å². The van der Waals surface area contributed by atoms with Crippen LogP contribution in [0.1, 0.15) is 22.8 Å². The van der Waals surface area contributed by atoms with Crippen molar-refractivity contribution in [2.75, 3.05) is 12.4 Å². The zero-order chi connectivity index (χ0) is 16.0. The third kappa shape index (κ3) is 2.48. The van der Waals surface area contributed by atoms with Crippen molar-refractivity contribution in [3.8, 4) is 5.75 Å². The van der Waals surface area contributed by atoms with Crippen molar-refractivity contribution in [3.63, 3.8) is 0 Å². The molecule has 2 aliphatic heterocycles. The lowest BCUT2D eigenvalue weighted by molar-refractivity contribution is -0.137. The number of aliphatic carboxylic acids is 1. The summed E-state index contributed by atoms with van der Waals surface area (Å²) in [7, 11) is 0. The Hall–Kier alpha value is -1.73.